The van der Waals surface area contributed by atoms with Crippen molar-refractivity contribution in [3.05, 3.63) is 64.8 Å². The fourth-order valence-electron chi connectivity index (χ4n) is 3.48. The van der Waals surface area contributed by atoms with Gasteiger partial charge < -0.3 is 14.8 Å². The Morgan fingerprint density at radius 2 is 2.07 bits per heavy atom. The summed E-state index contributed by atoms with van der Waals surface area (Å²) in [5, 5.41) is 2.85. The SMILES string of the molecule is COc1cccc([C@H]2CC(=O)Nc3c2ncn3-c2ccc(F)c(Cl)c2)c1OC. The minimum absolute atomic E-state index is 0.00639. The molecule has 2 aromatic carbocycles. The number of anilines is 1. The third-order valence-electron chi connectivity index (χ3n) is 4.76. The molecule has 6 nitrogen and oxygen atoms in total. The maximum Gasteiger partial charge on any atom is 0.226 e. The summed E-state index contributed by atoms with van der Waals surface area (Å²) in [7, 11) is 3.12. The molecule has 28 heavy (non-hydrogen) atoms. The van der Waals surface area contributed by atoms with Gasteiger partial charge >= 0.3 is 0 Å². The summed E-state index contributed by atoms with van der Waals surface area (Å²) in [5.41, 5.74) is 2.09. The van der Waals surface area contributed by atoms with Crippen LogP contribution in [0.4, 0.5) is 10.2 Å². The van der Waals surface area contributed by atoms with Gasteiger partial charge in [-0.05, 0) is 24.3 Å². The van der Waals surface area contributed by atoms with Crippen LogP contribution in [0.3, 0.4) is 0 Å². The van der Waals surface area contributed by atoms with Gasteiger partial charge in [-0.3, -0.25) is 9.36 Å². The number of hydrogen-bond donors (Lipinski definition) is 1. The number of ether oxygens (including phenoxy) is 2. The third-order valence-corrected chi connectivity index (χ3v) is 5.05. The standard InChI is InChI=1S/C20H17ClFN3O3/c1-27-16-5-3-4-12(19(16)28-2)13-9-17(26)24-20-18(13)23-10-25(20)11-6-7-15(22)14(21)8-11/h3-8,10,13H,9H2,1-2H3,(H,24,26)/t13-/m1/s1. The average Bonchev–Trinajstić information content (AvgIpc) is 3.12. The van der Waals surface area contributed by atoms with Crippen molar-refractivity contribution in [3.8, 4) is 17.2 Å². The van der Waals surface area contributed by atoms with Crippen LogP contribution >= 0.6 is 11.6 Å². The highest BCUT2D eigenvalue weighted by molar-refractivity contribution is 6.30. The number of rotatable bonds is 4. The summed E-state index contributed by atoms with van der Waals surface area (Å²) in [6.45, 7) is 0. The van der Waals surface area contributed by atoms with Crippen LogP contribution in [0.25, 0.3) is 5.69 Å². The number of aromatic nitrogens is 2. The Morgan fingerprint density at radius 1 is 1.25 bits per heavy atom. The summed E-state index contributed by atoms with van der Waals surface area (Å²) < 4.78 is 26.1. The maximum absolute atomic E-state index is 13.5. The second-order valence-corrected chi connectivity index (χ2v) is 6.74. The second kappa shape index (κ2) is 7.16. The highest BCUT2D eigenvalue weighted by Crippen LogP contribution is 2.43. The number of para-hydroxylation sites is 1. The Kier molecular flexibility index (Phi) is 4.68. The zero-order valence-electron chi connectivity index (χ0n) is 15.2. The third kappa shape index (κ3) is 2.97. The molecule has 4 rings (SSSR count). The molecule has 1 aromatic heterocycles. The minimum Gasteiger partial charge on any atom is -0.493 e. The molecule has 0 unspecified atom stereocenters. The van der Waals surface area contributed by atoms with Crippen molar-refractivity contribution in [2.45, 2.75) is 12.3 Å². The second-order valence-electron chi connectivity index (χ2n) is 6.33. The number of nitrogens with one attached hydrogen (secondary N) is 1. The van der Waals surface area contributed by atoms with Gasteiger partial charge in [-0.2, -0.15) is 0 Å². The smallest absolute Gasteiger partial charge is 0.226 e. The molecular formula is C20H17ClFN3O3. The van der Waals surface area contributed by atoms with E-state index in [1.54, 1.807) is 37.2 Å². The Bertz CT molecular complexity index is 1070. The molecule has 144 valence electrons. The Morgan fingerprint density at radius 3 is 2.79 bits per heavy atom. The summed E-state index contributed by atoms with van der Waals surface area (Å²) in [6, 6.07) is 9.87. The van der Waals surface area contributed by atoms with Crippen molar-refractivity contribution in [1.82, 2.24) is 9.55 Å². The fraction of sp³-hybridized carbons (Fsp3) is 0.200. The van der Waals surface area contributed by atoms with E-state index in [-0.39, 0.29) is 23.3 Å². The van der Waals surface area contributed by atoms with E-state index in [9.17, 15) is 9.18 Å². The molecule has 1 N–H and O–H groups in total. The molecule has 0 aliphatic carbocycles. The van der Waals surface area contributed by atoms with Gasteiger partial charge in [0.05, 0.1) is 30.6 Å². The Labute approximate surface area is 165 Å². The van der Waals surface area contributed by atoms with Gasteiger partial charge in [-0.15, -0.1) is 0 Å². The number of halogens is 2. The van der Waals surface area contributed by atoms with Crippen LogP contribution in [0.1, 0.15) is 23.6 Å². The average molecular weight is 402 g/mol. The minimum atomic E-state index is -0.512. The predicted molar refractivity (Wildman–Crippen MR) is 103 cm³/mol. The molecule has 8 heteroatoms. The van der Waals surface area contributed by atoms with E-state index in [0.29, 0.717) is 28.7 Å². The number of nitrogens with zero attached hydrogens (tertiary/aromatic N) is 2. The van der Waals surface area contributed by atoms with E-state index in [2.05, 4.69) is 10.3 Å². The highest BCUT2D eigenvalue weighted by Gasteiger charge is 2.33. The lowest BCUT2D eigenvalue weighted by atomic mass is 9.89. The topological polar surface area (TPSA) is 65.4 Å². The number of methoxy groups -OCH3 is 2. The van der Waals surface area contributed by atoms with Gasteiger partial charge in [0.2, 0.25) is 5.91 Å². The number of fused-ring (bicyclic) bond motifs is 1. The molecule has 0 spiro atoms. The lowest BCUT2D eigenvalue weighted by molar-refractivity contribution is -0.116. The molecule has 0 saturated heterocycles. The summed E-state index contributed by atoms with van der Waals surface area (Å²) in [6.07, 6.45) is 1.80. The number of amides is 1. The monoisotopic (exact) mass is 401 g/mol. The predicted octanol–water partition coefficient (Wildman–Crippen LogP) is 4.16. The molecule has 0 fully saturated rings. The lowest BCUT2D eigenvalue weighted by Crippen LogP contribution is -2.25. The molecule has 1 aliphatic heterocycles. The van der Waals surface area contributed by atoms with Crippen molar-refractivity contribution < 1.29 is 18.7 Å². The van der Waals surface area contributed by atoms with E-state index >= 15 is 0 Å². The van der Waals surface area contributed by atoms with Gasteiger partial charge in [0.1, 0.15) is 18.0 Å². The van der Waals surface area contributed by atoms with Crippen molar-refractivity contribution in [2.24, 2.45) is 0 Å². The van der Waals surface area contributed by atoms with Gasteiger partial charge in [0.15, 0.2) is 11.5 Å². The lowest BCUT2D eigenvalue weighted by Gasteiger charge is -2.25. The fourth-order valence-corrected chi connectivity index (χ4v) is 3.66. The van der Waals surface area contributed by atoms with Crippen molar-refractivity contribution in [3.63, 3.8) is 0 Å². The van der Waals surface area contributed by atoms with Crippen LogP contribution < -0.4 is 14.8 Å². The van der Waals surface area contributed by atoms with Gasteiger partial charge in [0, 0.05) is 17.9 Å². The van der Waals surface area contributed by atoms with Gasteiger partial charge in [-0.25, -0.2) is 9.37 Å². The number of benzene rings is 2. The number of imidazole rings is 1. The van der Waals surface area contributed by atoms with Gasteiger partial charge in [-0.1, -0.05) is 23.7 Å². The summed E-state index contributed by atoms with van der Waals surface area (Å²) in [5.74, 6) is 0.687. The first kappa shape index (κ1) is 18.3. The Hall–Kier alpha value is -3.06. The van der Waals surface area contributed by atoms with Crippen molar-refractivity contribution in [2.75, 3.05) is 19.5 Å². The molecule has 1 amide bonds. The number of carbonyl (C=O) groups is 1. The van der Waals surface area contributed by atoms with Crippen LogP contribution in [-0.4, -0.2) is 29.7 Å². The highest BCUT2D eigenvalue weighted by atomic mass is 35.5. The van der Waals surface area contributed by atoms with Crippen molar-refractivity contribution >= 4 is 23.3 Å². The summed E-state index contributed by atoms with van der Waals surface area (Å²) in [4.78, 5) is 17.0. The van der Waals surface area contributed by atoms with Crippen molar-refractivity contribution in [1.29, 1.82) is 0 Å². The van der Waals surface area contributed by atoms with Gasteiger partial charge in [0.25, 0.3) is 0 Å². The van der Waals surface area contributed by atoms with Crippen LogP contribution in [0, 0.1) is 5.82 Å². The van der Waals surface area contributed by atoms with E-state index in [1.807, 2.05) is 12.1 Å². The normalized spacial score (nSPS) is 15.7. The molecule has 3 aromatic rings. The maximum atomic E-state index is 13.5. The zero-order chi connectivity index (χ0) is 19.8. The molecule has 0 radical (unpaired) electrons. The molecule has 1 atom stereocenters. The summed E-state index contributed by atoms with van der Waals surface area (Å²) >= 11 is 5.91. The van der Waals surface area contributed by atoms with E-state index in [1.165, 1.54) is 12.1 Å². The van der Waals surface area contributed by atoms with Crippen LogP contribution in [0.2, 0.25) is 5.02 Å². The zero-order valence-corrected chi connectivity index (χ0v) is 16.0. The van der Waals surface area contributed by atoms with E-state index in [0.717, 1.165) is 5.56 Å². The quantitative estimate of drug-likeness (QED) is 0.713. The largest absolute Gasteiger partial charge is 0.493 e. The van der Waals surface area contributed by atoms with E-state index < -0.39 is 5.82 Å². The number of carbonyl (C=O) groups excluding carboxylic acids is 1. The van der Waals surface area contributed by atoms with E-state index in [4.69, 9.17) is 21.1 Å². The Balaban J connectivity index is 1.85. The molecule has 0 bridgehead atoms. The van der Waals surface area contributed by atoms with Crippen LogP contribution in [0.15, 0.2) is 42.7 Å². The first-order valence-corrected chi connectivity index (χ1v) is 8.94. The van der Waals surface area contributed by atoms with Crippen LogP contribution in [-0.2, 0) is 4.79 Å². The molecular weight excluding hydrogens is 385 g/mol. The first-order valence-electron chi connectivity index (χ1n) is 8.57. The molecule has 2 heterocycles. The molecule has 0 saturated carbocycles. The molecule has 1 aliphatic rings. The van der Waals surface area contributed by atoms with Crippen LogP contribution in [0.5, 0.6) is 11.5 Å². The number of hydrogen-bond acceptors (Lipinski definition) is 4. The first-order chi connectivity index (χ1) is 13.5.